The quantitative estimate of drug-likeness (QED) is 0.371. The lowest BCUT2D eigenvalue weighted by atomic mass is 9.92. The lowest BCUT2D eigenvalue weighted by Crippen LogP contribution is -2.54. The van der Waals surface area contributed by atoms with Crippen LogP contribution in [0.1, 0.15) is 45.1 Å². The number of guanidine groups is 1. The summed E-state index contributed by atoms with van der Waals surface area (Å²) >= 11 is 0. The minimum Gasteiger partial charge on any atom is -0.493 e. The van der Waals surface area contributed by atoms with Gasteiger partial charge < -0.3 is 20.1 Å². The Balaban J connectivity index is 1.90. The molecule has 1 aromatic carbocycles. The average Bonchev–Trinajstić information content (AvgIpc) is 2.63. The summed E-state index contributed by atoms with van der Waals surface area (Å²) in [5, 5.41) is 16.4. The van der Waals surface area contributed by atoms with Crippen LogP contribution in [0.2, 0.25) is 0 Å². The third kappa shape index (κ3) is 6.96. The number of amides is 2. The average molecular weight is 405 g/mol. The lowest BCUT2D eigenvalue weighted by molar-refractivity contribution is -0.124. The van der Waals surface area contributed by atoms with E-state index in [9.17, 15) is 9.59 Å². The lowest BCUT2D eigenvalue weighted by Gasteiger charge is -2.29. The van der Waals surface area contributed by atoms with Crippen molar-refractivity contribution in [2.75, 3.05) is 14.2 Å². The van der Waals surface area contributed by atoms with Gasteiger partial charge in [0.1, 0.15) is 6.04 Å². The second-order valence-corrected chi connectivity index (χ2v) is 7.75. The molecule has 29 heavy (non-hydrogen) atoms. The van der Waals surface area contributed by atoms with Crippen LogP contribution in [0.4, 0.5) is 0 Å². The predicted molar refractivity (Wildman–Crippen MR) is 111 cm³/mol. The molecule has 1 aromatic rings. The van der Waals surface area contributed by atoms with Gasteiger partial charge in [-0.15, -0.1) is 0 Å². The van der Waals surface area contributed by atoms with Crippen molar-refractivity contribution in [1.29, 1.82) is 5.41 Å². The zero-order chi connectivity index (χ0) is 21.4. The molecule has 2 rings (SSSR count). The van der Waals surface area contributed by atoms with Crippen LogP contribution < -0.4 is 25.4 Å². The molecule has 0 heterocycles. The van der Waals surface area contributed by atoms with Gasteiger partial charge in [-0.1, -0.05) is 19.9 Å². The van der Waals surface area contributed by atoms with E-state index in [-0.39, 0.29) is 36.2 Å². The van der Waals surface area contributed by atoms with Gasteiger partial charge in [-0.05, 0) is 49.3 Å². The van der Waals surface area contributed by atoms with E-state index in [2.05, 4.69) is 16.0 Å². The van der Waals surface area contributed by atoms with Crippen LogP contribution in [0.25, 0.3) is 0 Å². The largest absolute Gasteiger partial charge is 0.493 e. The SMILES string of the molecule is COc1ccc(CC(=O)NC(=N)N[C@H](CC(C)C)C(=O)NC2CCC2)cc1OC. The van der Waals surface area contributed by atoms with Crippen LogP contribution in [0.3, 0.4) is 0 Å². The van der Waals surface area contributed by atoms with Crippen LogP contribution in [0, 0.1) is 11.3 Å². The van der Waals surface area contributed by atoms with Crippen molar-refractivity contribution in [3.05, 3.63) is 23.8 Å². The molecule has 0 unspecified atom stereocenters. The van der Waals surface area contributed by atoms with Crippen molar-refractivity contribution in [3.63, 3.8) is 0 Å². The predicted octanol–water partition coefficient (Wildman–Crippen LogP) is 1.97. The zero-order valence-corrected chi connectivity index (χ0v) is 17.6. The summed E-state index contributed by atoms with van der Waals surface area (Å²) in [5.74, 6) is 0.746. The number of nitrogens with one attached hydrogen (secondary N) is 4. The summed E-state index contributed by atoms with van der Waals surface area (Å²) in [7, 11) is 3.08. The number of rotatable bonds is 9. The Hall–Kier alpha value is -2.77. The van der Waals surface area contributed by atoms with Gasteiger partial charge in [-0.3, -0.25) is 20.3 Å². The van der Waals surface area contributed by atoms with Gasteiger partial charge >= 0.3 is 0 Å². The molecule has 8 nitrogen and oxygen atoms in total. The summed E-state index contributed by atoms with van der Waals surface area (Å²) in [6.45, 7) is 4.04. The van der Waals surface area contributed by atoms with E-state index in [1.807, 2.05) is 13.8 Å². The fourth-order valence-electron chi connectivity index (χ4n) is 3.13. The molecule has 1 atom stereocenters. The fraction of sp³-hybridized carbons (Fsp3) is 0.571. The van der Waals surface area contributed by atoms with E-state index < -0.39 is 6.04 Å². The summed E-state index contributed by atoms with van der Waals surface area (Å²) < 4.78 is 10.4. The number of benzene rings is 1. The molecule has 0 saturated heterocycles. The van der Waals surface area contributed by atoms with Gasteiger partial charge in [0, 0.05) is 6.04 Å². The van der Waals surface area contributed by atoms with E-state index in [0.29, 0.717) is 17.9 Å². The first-order chi connectivity index (χ1) is 13.8. The summed E-state index contributed by atoms with van der Waals surface area (Å²) in [6, 6.07) is 4.90. The normalized spacial score (nSPS) is 14.5. The molecule has 0 radical (unpaired) electrons. The van der Waals surface area contributed by atoms with Crippen molar-refractivity contribution in [2.45, 2.75) is 58.0 Å². The molecule has 1 fully saturated rings. The summed E-state index contributed by atoms with van der Waals surface area (Å²) in [5.41, 5.74) is 0.731. The van der Waals surface area contributed by atoms with Crippen molar-refractivity contribution < 1.29 is 19.1 Å². The van der Waals surface area contributed by atoms with Crippen LogP contribution in [0.5, 0.6) is 11.5 Å². The molecule has 4 N–H and O–H groups in total. The Morgan fingerprint density at radius 3 is 2.41 bits per heavy atom. The topological polar surface area (TPSA) is 113 Å². The Bertz CT molecular complexity index is 731. The van der Waals surface area contributed by atoms with Crippen molar-refractivity contribution in [3.8, 4) is 11.5 Å². The van der Waals surface area contributed by atoms with E-state index in [1.165, 1.54) is 7.11 Å². The van der Waals surface area contributed by atoms with E-state index in [0.717, 1.165) is 24.8 Å². The summed E-state index contributed by atoms with van der Waals surface area (Å²) in [6.07, 6.45) is 3.79. The molecule has 0 spiro atoms. The van der Waals surface area contributed by atoms with Crippen LogP contribution in [-0.4, -0.2) is 44.1 Å². The zero-order valence-electron chi connectivity index (χ0n) is 17.6. The minimum atomic E-state index is -0.551. The number of carbonyl (C=O) groups excluding carboxylic acids is 2. The standard InChI is InChI=1S/C21H32N4O4/c1-13(2)10-16(20(27)23-15-6-5-7-15)24-21(22)25-19(26)12-14-8-9-17(28-3)18(11-14)29-4/h8-9,11,13,15-16H,5-7,10,12H2,1-4H3,(H,23,27)(H3,22,24,25,26)/t16-/m1/s1. The molecule has 1 saturated carbocycles. The molecular weight excluding hydrogens is 372 g/mol. The second kappa shape index (κ2) is 10.7. The van der Waals surface area contributed by atoms with Crippen LogP contribution >= 0.6 is 0 Å². The smallest absolute Gasteiger partial charge is 0.242 e. The number of ether oxygens (including phenoxy) is 2. The monoisotopic (exact) mass is 404 g/mol. The van der Waals surface area contributed by atoms with Gasteiger partial charge in [0.25, 0.3) is 0 Å². The highest BCUT2D eigenvalue weighted by molar-refractivity contribution is 5.98. The Labute approximate surface area is 172 Å². The highest BCUT2D eigenvalue weighted by Crippen LogP contribution is 2.27. The number of carbonyl (C=O) groups is 2. The Morgan fingerprint density at radius 2 is 1.86 bits per heavy atom. The number of hydrogen-bond acceptors (Lipinski definition) is 5. The van der Waals surface area contributed by atoms with Gasteiger partial charge in [-0.2, -0.15) is 0 Å². The van der Waals surface area contributed by atoms with E-state index in [4.69, 9.17) is 14.9 Å². The molecule has 0 aliphatic heterocycles. The first-order valence-electron chi connectivity index (χ1n) is 9.98. The van der Waals surface area contributed by atoms with Crippen molar-refractivity contribution in [1.82, 2.24) is 16.0 Å². The van der Waals surface area contributed by atoms with Crippen LogP contribution in [-0.2, 0) is 16.0 Å². The maximum absolute atomic E-state index is 12.5. The van der Waals surface area contributed by atoms with Gasteiger partial charge in [0.2, 0.25) is 11.8 Å². The highest BCUT2D eigenvalue weighted by atomic mass is 16.5. The Morgan fingerprint density at radius 1 is 1.17 bits per heavy atom. The molecule has 8 heteroatoms. The minimum absolute atomic E-state index is 0.0769. The third-order valence-corrected chi connectivity index (χ3v) is 4.87. The number of hydrogen-bond donors (Lipinski definition) is 4. The van der Waals surface area contributed by atoms with Gasteiger partial charge in [-0.25, -0.2) is 0 Å². The van der Waals surface area contributed by atoms with Gasteiger partial charge in [0.05, 0.1) is 20.6 Å². The second-order valence-electron chi connectivity index (χ2n) is 7.75. The maximum Gasteiger partial charge on any atom is 0.242 e. The highest BCUT2D eigenvalue weighted by Gasteiger charge is 2.26. The number of methoxy groups -OCH3 is 2. The van der Waals surface area contributed by atoms with Crippen LogP contribution in [0.15, 0.2) is 18.2 Å². The molecule has 1 aliphatic rings. The molecule has 0 aromatic heterocycles. The van der Waals surface area contributed by atoms with Crippen molar-refractivity contribution in [2.24, 2.45) is 5.92 Å². The third-order valence-electron chi connectivity index (χ3n) is 4.87. The van der Waals surface area contributed by atoms with Crippen molar-refractivity contribution >= 4 is 17.8 Å². The fourth-order valence-corrected chi connectivity index (χ4v) is 3.13. The summed E-state index contributed by atoms with van der Waals surface area (Å²) in [4.78, 5) is 24.8. The van der Waals surface area contributed by atoms with Gasteiger partial charge in [0.15, 0.2) is 17.5 Å². The first kappa shape index (κ1) is 22.5. The molecular formula is C21H32N4O4. The maximum atomic E-state index is 12.5. The van der Waals surface area contributed by atoms with E-state index in [1.54, 1.807) is 25.3 Å². The Kier molecular flexibility index (Phi) is 8.30. The molecule has 0 bridgehead atoms. The first-order valence-corrected chi connectivity index (χ1v) is 9.98. The molecule has 160 valence electrons. The molecule has 1 aliphatic carbocycles. The molecule has 2 amide bonds. The van der Waals surface area contributed by atoms with E-state index >= 15 is 0 Å².